The average Bonchev–Trinajstić information content (AvgIpc) is 3.37. The highest BCUT2D eigenvalue weighted by atomic mass is 32.1. The normalized spacial score (nSPS) is 14.4. The molecule has 0 saturated heterocycles. The predicted octanol–water partition coefficient (Wildman–Crippen LogP) is 5.54. The van der Waals surface area contributed by atoms with Crippen molar-refractivity contribution in [2.45, 2.75) is 85.2 Å². The summed E-state index contributed by atoms with van der Waals surface area (Å²) in [5.74, 6) is 0.00137. The number of thiazole rings is 1. The minimum absolute atomic E-state index is 0.114. The highest BCUT2D eigenvalue weighted by molar-refractivity contribution is 7.09. The van der Waals surface area contributed by atoms with E-state index in [1.807, 2.05) is 49.2 Å². The maximum absolute atomic E-state index is 13.1. The zero-order valence-electron chi connectivity index (χ0n) is 24.0. The maximum atomic E-state index is 13.1. The van der Waals surface area contributed by atoms with Gasteiger partial charge in [-0.25, -0.2) is 4.98 Å². The number of carbonyl (C=O) groups is 3. The summed E-state index contributed by atoms with van der Waals surface area (Å²) < 4.78 is 4.89. The Labute approximate surface area is 232 Å². The second-order valence-electron chi connectivity index (χ2n) is 10.7. The number of nitrogens with zero attached hydrogens (tertiary/aromatic N) is 2. The minimum atomic E-state index is -0.340. The summed E-state index contributed by atoms with van der Waals surface area (Å²) in [6.07, 6.45) is 4.13. The summed E-state index contributed by atoms with van der Waals surface area (Å²) in [6, 6.07) is 9.78. The fourth-order valence-corrected chi connectivity index (χ4v) is 5.42. The highest BCUT2D eigenvalue weighted by Crippen LogP contribution is 2.21. The number of esters is 1. The second kappa shape index (κ2) is 15.6. The zero-order chi connectivity index (χ0) is 28.2. The van der Waals surface area contributed by atoms with Crippen molar-refractivity contribution in [3.8, 4) is 0 Å². The Morgan fingerprint density at radius 3 is 2.39 bits per heavy atom. The Bertz CT molecular complexity index is 1020. The van der Waals surface area contributed by atoms with Crippen molar-refractivity contribution in [3.05, 3.63) is 52.0 Å². The minimum Gasteiger partial charge on any atom is -0.469 e. The van der Waals surface area contributed by atoms with Gasteiger partial charge in [-0.05, 0) is 36.7 Å². The van der Waals surface area contributed by atoms with Gasteiger partial charge in [-0.3, -0.25) is 14.4 Å². The Morgan fingerprint density at radius 1 is 1.11 bits per heavy atom. The highest BCUT2D eigenvalue weighted by Gasteiger charge is 2.25. The molecule has 1 heterocycles. The van der Waals surface area contributed by atoms with E-state index in [9.17, 15) is 14.4 Å². The number of benzene rings is 1. The lowest BCUT2D eigenvalue weighted by Gasteiger charge is -2.32. The second-order valence-corrected chi connectivity index (χ2v) is 11.7. The summed E-state index contributed by atoms with van der Waals surface area (Å²) in [5.41, 5.74) is 1.47. The quantitative estimate of drug-likeness (QED) is 0.298. The van der Waals surface area contributed by atoms with E-state index in [1.165, 1.54) is 18.4 Å². The summed E-state index contributed by atoms with van der Waals surface area (Å²) in [5, 5.41) is 5.76. The van der Waals surface area contributed by atoms with Gasteiger partial charge in [0.25, 0.3) is 5.91 Å². The van der Waals surface area contributed by atoms with Gasteiger partial charge in [0, 0.05) is 37.4 Å². The fraction of sp³-hybridized carbons (Fsp3) is 0.600. The van der Waals surface area contributed by atoms with Gasteiger partial charge >= 0.3 is 5.97 Å². The zero-order valence-corrected chi connectivity index (χ0v) is 24.8. The first-order valence-electron chi connectivity index (χ1n) is 13.7. The van der Waals surface area contributed by atoms with Crippen LogP contribution in [0.15, 0.2) is 35.7 Å². The number of nitrogens with one attached hydrogen (secondary N) is 1. The molecule has 0 aliphatic heterocycles. The SMILES string of the molecule is CC[C@H](C)CC(=O)N(C)C(CCc1nc(C(=O)N[C@@H](Cc2ccccc2)C[C@H](C)C(=O)OC)cs1)C(C)C. The Kier molecular flexibility index (Phi) is 12.9. The molecule has 0 bridgehead atoms. The van der Waals surface area contributed by atoms with E-state index in [0.717, 1.165) is 23.4 Å². The van der Waals surface area contributed by atoms with Crippen LogP contribution >= 0.6 is 11.3 Å². The lowest BCUT2D eigenvalue weighted by Crippen LogP contribution is -2.41. The number of hydrogen-bond acceptors (Lipinski definition) is 6. The van der Waals surface area contributed by atoms with Crippen molar-refractivity contribution >= 4 is 29.1 Å². The van der Waals surface area contributed by atoms with Gasteiger partial charge in [-0.1, -0.05) is 71.4 Å². The van der Waals surface area contributed by atoms with Crippen LogP contribution in [0.3, 0.4) is 0 Å². The predicted molar refractivity (Wildman–Crippen MR) is 153 cm³/mol. The van der Waals surface area contributed by atoms with Crippen molar-refractivity contribution in [1.29, 1.82) is 0 Å². The summed E-state index contributed by atoms with van der Waals surface area (Å²) in [6.45, 7) is 10.3. The molecule has 38 heavy (non-hydrogen) atoms. The number of amides is 2. The van der Waals surface area contributed by atoms with Crippen LogP contribution in [-0.4, -0.2) is 53.9 Å². The monoisotopic (exact) mass is 543 g/mol. The van der Waals surface area contributed by atoms with Crippen LogP contribution in [0.1, 0.15) is 81.4 Å². The van der Waals surface area contributed by atoms with Crippen LogP contribution in [0.4, 0.5) is 0 Å². The molecule has 210 valence electrons. The van der Waals surface area contributed by atoms with Crippen LogP contribution in [0.25, 0.3) is 0 Å². The van der Waals surface area contributed by atoms with Gasteiger partial charge in [0.2, 0.25) is 5.91 Å². The first-order chi connectivity index (χ1) is 18.0. The van der Waals surface area contributed by atoms with Crippen LogP contribution in [0.2, 0.25) is 0 Å². The van der Waals surface area contributed by atoms with Gasteiger partial charge in [-0.2, -0.15) is 0 Å². The van der Waals surface area contributed by atoms with Crippen molar-refractivity contribution in [1.82, 2.24) is 15.2 Å². The number of aromatic nitrogens is 1. The molecule has 1 N–H and O–H groups in total. The van der Waals surface area contributed by atoms with Gasteiger partial charge in [0.1, 0.15) is 5.69 Å². The molecule has 0 radical (unpaired) electrons. The van der Waals surface area contributed by atoms with Crippen molar-refractivity contribution in [3.63, 3.8) is 0 Å². The molecule has 8 heteroatoms. The van der Waals surface area contributed by atoms with Crippen LogP contribution in [0, 0.1) is 17.8 Å². The van der Waals surface area contributed by atoms with E-state index >= 15 is 0 Å². The summed E-state index contributed by atoms with van der Waals surface area (Å²) in [4.78, 5) is 44.4. The number of carbonyl (C=O) groups excluding carboxylic acids is 3. The topological polar surface area (TPSA) is 88.6 Å². The van der Waals surface area contributed by atoms with E-state index in [1.54, 1.807) is 5.38 Å². The third-order valence-electron chi connectivity index (χ3n) is 7.22. The van der Waals surface area contributed by atoms with E-state index in [0.29, 0.717) is 43.2 Å². The van der Waals surface area contributed by atoms with Crippen molar-refractivity contribution in [2.24, 2.45) is 17.8 Å². The smallest absolute Gasteiger partial charge is 0.308 e. The van der Waals surface area contributed by atoms with Crippen LogP contribution < -0.4 is 5.32 Å². The molecule has 2 aromatic rings. The third-order valence-corrected chi connectivity index (χ3v) is 8.13. The molecule has 0 aliphatic rings. The van der Waals surface area contributed by atoms with Crippen LogP contribution in [0.5, 0.6) is 0 Å². The number of rotatable bonds is 15. The summed E-state index contributed by atoms with van der Waals surface area (Å²) >= 11 is 1.47. The van der Waals surface area contributed by atoms with E-state index in [-0.39, 0.29) is 35.8 Å². The van der Waals surface area contributed by atoms with Gasteiger partial charge in [0.15, 0.2) is 0 Å². The maximum Gasteiger partial charge on any atom is 0.308 e. The molecular weight excluding hydrogens is 498 g/mol. The number of hydrogen-bond donors (Lipinski definition) is 1. The van der Waals surface area contributed by atoms with Crippen molar-refractivity contribution < 1.29 is 19.1 Å². The molecule has 0 spiro atoms. The third kappa shape index (κ3) is 9.86. The molecule has 2 rings (SSSR count). The fourth-order valence-electron chi connectivity index (χ4n) is 4.62. The van der Waals surface area contributed by atoms with E-state index in [2.05, 4.69) is 38.0 Å². The number of aryl methyl sites for hydroxylation is 1. The van der Waals surface area contributed by atoms with Gasteiger partial charge in [0.05, 0.1) is 18.0 Å². The lowest BCUT2D eigenvalue weighted by atomic mass is 9.96. The molecule has 1 unspecified atom stereocenters. The number of methoxy groups -OCH3 is 1. The summed E-state index contributed by atoms with van der Waals surface area (Å²) in [7, 11) is 3.28. The standard InChI is InChI=1S/C30H45N3O4S/c1-8-21(4)16-28(34)33(6)26(20(2)3)14-15-27-32-25(19-38-27)29(35)31-24(17-22(5)30(36)37-7)18-23-12-10-9-11-13-23/h9-13,19-22,24,26H,8,14-18H2,1-7H3,(H,31,35)/t21-,22-,24+,26?/m0/s1. The Balaban J connectivity index is 2.04. The molecule has 4 atom stereocenters. The largest absolute Gasteiger partial charge is 0.469 e. The molecule has 0 saturated carbocycles. The first-order valence-corrected chi connectivity index (χ1v) is 14.6. The van der Waals surface area contributed by atoms with E-state index in [4.69, 9.17) is 4.74 Å². The molecule has 0 aliphatic carbocycles. The van der Waals surface area contributed by atoms with Crippen molar-refractivity contribution in [2.75, 3.05) is 14.2 Å². The Morgan fingerprint density at radius 2 is 1.79 bits per heavy atom. The lowest BCUT2D eigenvalue weighted by molar-refractivity contribution is -0.145. The molecular formula is C30H45N3O4S. The first kappa shape index (κ1) is 31.5. The van der Waals surface area contributed by atoms with E-state index < -0.39 is 0 Å². The Hall–Kier alpha value is -2.74. The molecule has 1 aromatic carbocycles. The van der Waals surface area contributed by atoms with Crippen LogP contribution in [-0.2, 0) is 27.2 Å². The molecule has 0 fully saturated rings. The average molecular weight is 544 g/mol. The number of ether oxygens (including phenoxy) is 1. The molecule has 2 amide bonds. The molecule has 1 aromatic heterocycles. The van der Waals surface area contributed by atoms with Gasteiger partial charge < -0.3 is 15.0 Å². The molecule has 7 nitrogen and oxygen atoms in total. The van der Waals surface area contributed by atoms with Gasteiger partial charge in [-0.15, -0.1) is 11.3 Å².